The molecule has 0 aromatic rings. The fraction of sp³-hybridized carbons (Fsp3) is 0.818. The Balaban J connectivity index is 4.26. The molecular weight excluding hydrogens is 210 g/mol. The summed E-state index contributed by atoms with van der Waals surface area (Å²) < 4.78 is 22.8. The summed E-state index contributed by atoms with van der Waals surface area (Å²) in [5.74, 6) is 0.471. The molecule has 0 aromatic heterocycles. The molecule has 0 aliphatic rings. The van der Waals surface area contributed by atoms with E-state index in [0.29, 0.717) is 6.42 Å². The molecule has 1 atom stereocenters. The van der Waals surface area contributed by atoms with Gasteiger partial charge < -0.3 is 5.32 Å². The van der Waals surface area contributed by atoms with E-state index in [1.165, 1.54) is 0 Å². The largest absolute Gasteiger partial charge is 0.316 e. The second kappa shape index (κ2) is 6.28. The molecule has 1 unspecified atom stereocenters. The van der Waals surface area contributed by atoms with Crippen molar-refractivity contribution in [2.24, 2.45) is 5.41 Å². The molecule has 0 spiro atoms. The van der Waals surface area contributed by atoms with E-state index in [-0.39, 0.29) is 16.9 Å². The predicted molar refractivity (Wildman–Crippen MR) is 65.8 cm³/mol. The third kappa shape index (κ3) is 5.95. The van der Waals surface area contributed by atoms with E-state index >= 15 is 0 Å². The van der Waals surface area contributed by atoms with Crippen molar-refractivity contribution in [2.75, 3.05) is 24.6 Å². The van der Waals surface area contributed by atoms with Crippen molar-refractivity contribution in [2.45, 2.75) is 27.2 Å². The first kappa shape index (κ1) is 14.6. The molecule has 0 fully saturated rings. The van der Waals surface area contributed by atoms with Crippen LogP contribution in [0.1, 0.15) is 27.2 Å². The van der Waals surface area contributed by atoms with Gasteiger partial charge in [-0.05, 0) is 18.4 Å². The summed E-state index contributed by atoms with van der Waals surface area (Å²) >= 11 is 0. The maximum Gasteiger partial charge on any atom is 0.150 e. The van der Waals surface area contributed by atoms with E-state index in [4.69, 9.17) is 0 Å². The van der Waals surface area contributed by atoms with E-state index in [0.717, 1.165) is 13.1 Å². The standard InChI is InChI=1S/C11H23NO2S/c1-5-11(4,10-12-6-2)8-9-15(13,14)7-3/h5,12H,1,6-10H2,2-4H3. The molecule has 0 aliphatic heterocycles. The maximum atomic E-state index is 11.4. The third-order valence-corrected chi connectivity index (χ3v) is 4.40. The van der Waals surface area contributed by atoms with Crippen molar-refractivity contribution in [1.29, 1.82) is 0 Å². The molecule has 0 rings (SSSR count). The van der Waals surface area contributed by atoms with Crippen LogP contribution in [0.25, 0.3) is 0 Å². The number of sulfone groups is 1. The Bertz CT molecular complexity index is 285. The Hall–Kier alpha value is -0.350. The molecule has 0 amide bonds. The molecule has 0 saturated carbocycles. The van der Waals surface area contributed by atoms with Crippen LogP contribution in [0, 0.1) is 5.41 Å². The quantitative estimate of drug-likeness (QED) is 0.648. The number of hydrogen-bond acceptors (Lipinski definition) is 3. The van der Waals surface area contributed by atoms with Gasteiger partial charge in [0.1, 0.15) is 9.84 Å². The Morgan fingerprint density at radius 1 is 1.40 bits per heavy atom. The normalized spacial score (nSPS) is 15.9. The number of nitrogens with one attached hydrogen (secondary N) is 1. The summed E-state index contributed by atoms with van der Waals surface area (Å²) in [7, 11) is -2.86. The summed E-state index contributed by atoms with van der Waals surface area (Å²) in [6.07, 6.45) is 2.49. The Labute approximate surface area is 93.9 Å². The molecule has 0 radical (unpaired) electrons. The van der Waals surface area contributed by atoms with Gasteiger partial charge in [0.2, 0.25) is 0 Å². The lowest BCUT2D eigenvalue weighted by atomic mass is 9.88. The second-order valence-corrected chi connectivity index (χ2v) is 6.60. The highest BCUT2D eigenvalue weighted by molar-refractivity contribution is 7.91. The highest BCUT2D eigenvalue weighted by Crippen LogP contribution is 2.22. The minimum Gasteiger partial charge on any atom is -0.316 e. The Morgan fingerprint density at radius 3 is 2.40 bits per heavy atom. The van der Waals surface area contributed by atoms with E-state index in [1.54, 1.807) is 6.92 Å². The van der Waals surface area contributed by atoms with Crippen molar-refractivity contribution in [3.8, 4) is 0 Å². The smallest absolute Gasteiger partial charge is 0.150 e. The van der Waals surface area contributed by atoms with E-state index < -0.39 is 9.84 Å². The fourth-order valence-corrected chi connectivity index (χ4v) is 2.27. The molecule has 0 aromatic carbocycles. The van der Waals surface area contributed by atoms with Gasteiger partial charge in [0.15, 0.2) is 0 Å². The minimum absolute atomic E-state index is 0.127. The lowest BCUT2D eigenvalue weighted by Crippen LogP contribution is -2.32. The van der Waals surface area contributed by atoms with Gasteiger partial charge in [0.25, 0.3) is 0 Å². The Kier molecular flexibility index (Phi) is 6.13. The average Bonchev–Trinajstić information content (AvgIpc) is 2.24. The van der Waals surface area contributed by atoms with Gasteiger partial charge >= 0.3 is 0 Å². The van der Waals surface area contributed by atoms with E-state index in [9.17, 15) is 8.42 Å². The van der Waals surface area contributed by atoms with Crippen molar-refractivity contribution in [3.63, 3.8) is 0 Å². The molecule has 0 saturated heterocycles. The molecule has 0 bridgehead atoms. The zero-order valence-electron chi connectivity index (χ0n) is 10.0. The van der Waals surface area contributed by atoms with Crippen molar-refractivity contribution in [3.05, 3.63) is 12.7 Å². The van der Waals surface area contributed by atoms with Gasteiger partial charge in [-0.25, -0.2) is 8.42 Å². The van der Waals surface area contributed by atoms with Crippen LogP contribution in [0.2, 0.25) is 0 Å². The van der Waals surface area contributed by atoms with Crippen LogP contribution < -0.4 is 5.32 Å². The van der Waals surface area contributed by atoms with Crippen molar-refractivity contribution < 1.29 is 8.42 Å². The summed E-state index contributed by atoms with van der Waals surface area (Å²) in [6.45, 7) is 11.2. The zero-order valence-corrected chi connectivity index (χ0v) is 10.9. The van der Waals surface area contributed by atoms with Crippen LogP contribution in [-0.4, -0.2) is 33.0 Å². The third-order valence-electron chi connectivity index (χ3n) is 2.70. The SMILES string of the molecule is C=CC(C)(CCS(=O)(=O)CC)CNCC. The summed E-state index contributed by atoms with van der Waals surface area (Å²) in [5, 5.41) is 3.23. The molecule has 3 nitrogen and oxygen atoms in total. The van der Waals surface area contributed by atoms with Crippen LogP contribution in [0.3, 0.4) is 0 Å². The minimum atomic E-state index is -2.86. The zero-order chi connectivity index (χ0) is 11.9. The molecule has 4 heteroatoms. The molecule has 15 heavy (non-hydrogen) atoms. The molecule has 1 N–H and O–H groups in total. The van der Waals surface area contributed by atoms with Gasteiger partial charge in [0.05, 0.1) is 5.75 Å². The van der Waals surface area contributed by atoms with E-state index in [1.807, 2.05) is 19.9 Å². The second-order valence-electron chi connectivity index (χ2n) is 4.12. The first-order chi connectivity index (χ1) is 6.89. The van der Waals surface area contributed by atoms with Gasteiger partial charge in [-0.2, -0.15) is 0 Å². The molecule has 0 heterocycles. The highest BCUT2D eigenvalue weighted by Gasteiger charge is 2.22. The average molecular weight is 233 g/mol. The molecule has 0 aliphatic carbocycles. The van der Waals surface area contributed by atoms with Crippen LogP contribution in [0.4, 0.5) is 0 Å². The first-order valence-electron chi connectivity index (χ1n) is 5.44. The predicted octanol–water partition coefficient (Wildman–Crippen LogP) is 1.61. The molecule has 90 valence electrons. The molecular formula is C11H23NO2S. The van der Waals surface area contributed by atoms with Gasteiger partial charge in [0, 0.05) is 12.3 Å². The number of hydrogen-bond donors (Lipinski definition) is 1. The Morgan fingerprint density at radius 2 is 2.00 bits per heavy atom. The summed E-state index contributed by atoms with van der Waals surface area (Å²) in [5.41, 5.74) is -0.127. The fourth-order valence-electron chi connectivity index (χ4n) is 1.21. The highest BCUT2D eigenvalue weighted by atomic mass is 32.2. The van der Waals surface area contributed by atoms with Gasteiger partial charge in [-0.1, -0.05) is 26.8 Å². The van der Waals surface area contributed by atoms with Crippen LogP contribution >= 0.6 is 0 Å². The van der Waals surface area contributed by atoms with Crippen LogP contribution in [-0.2, 0) is 9.84 Å². The van der Waals surface area contributed by atoms with Crippen molar-refractivity contribution >= 4 is 9.84 Å². The summed E-state index contributed by atoms with van der Waals surface area (Å²) in [6, 6.07) is 0. The van der Waals surface area contributed by atoms with Crippen LogP contribution in [0.5, 0.6) is 0 Å². The lowest BCUT2D eigenvalue weighted by Gasteiger charge is -2.25. The van der Waals surface area contributed by atoms with Gasteiger partial charge in [-0.3, -0.25) is 0 Å². The van der Waals surface area contributed by atoms with Gasteiger partial charge in [-0.15, -0.1) is 6.58 Å². The topological polar surface area (TPSA) is 46.2 Å². The lowest BCUT2D eigenvalue weighted by molar-refractivity contribution is 0.385. The summed E-state index contributed by atoms with van der Waals surface area (Å²) in [4.78, 5) is 0. The first-order valence-corrected chi connectivity index (χ1v) is 7.26. The van der Waals surface area contributed by atoms with E-state index in [2.05, 4.69) is 11.9 Å². The van der Waals surface area contributed by atoms with Crippen molar-refractivity contribution in [1.82, 2.24) is 5.32 Å². The maximum absolute atomic E-state index is 11.4. The number of rotatable bonds is 8. The van der Waals surface area contributed by atoms with Crippen LogP contribution in [0.15, 0.2) is 12.7 Å². The monoisotopic (exact) mass is 233 g/mol.